The van der Waals surface area contributed by atoms with Crippen molar-refractivity contribution in [2.24, 2.45) is 0 Å². The van der Waals surface area contributed by atoms with Crippen molar-refractivity contribution in [1.29, 1.82) is 0 Å². The second-order valence-electron chi connectivity index (χ2n) is 6.67. The first-order chi connectivity index (χ1) is 14.3. The summed E-state index contributed by atoms with van der Waals surface area (Å²) >= 11 is 3.36. The SMILES string of the molecule is CN(c1ccccn1)N1C(=O)c2ccc(C(F)(F)F)cc2/C1=C/c1ccc(Br)cc1. The van der Waals surface area contributed by atoms with Crippen LogP contribution in [0.1, 0.15) is 27.0 Å². The molecule has 1 aliphatic rings. The molecule has 1 amide bonds. The largest absolute Gasteiger partial charge is 0.416 e. The van der Waals surface area contributed by atoms with Crippen molar-refractivity contribution < 1.29 is 18.0 Å². The molecule has 1 aliphatic heterocycles. The second-order valence-corrected chi connectivity index (χ2v) is 7.58. The maximum absolute atomic E-state index is 13.3. The number of anilines is 1. The molecular weight excluding hydrogens is 459 g/mol. The molecular formula is C22H15BrF3N3O. The van der Waals surface area contributed by atoms with Gasteiger partial charge in [0.05, 0.1) is 16.8 Å². The van der Waals surface area contributed by atoms with Gasteiger partial charge in [0.25, 0.3) is 5.91 Å². The fourth-order valence-electron chi connectivity index (χ4n) is 3.26. The number of hydrogen-bond acceptors (Lipinski definition) is 3. The van der Waals surface area contributed by atoms with Gasteiger partial charge in [-0.25, -0.2) is 9.99 Å². The molecule has 152 valence electrons. The van der Waals surface area contributed by atoms with Crippen LogP contribution in [0.15, 0.2) is 71.3 Å². The van der Waals surface area contributed by atoms with Gasteiger partial charge in [0, 0.05) is 23.3 Å². The van der Waals surface area contributed by atoms with Gasteiger partial charge in [0.2, 0.25) is 0 Å². The molecule has 4 nitrogen and oxygen atoms in total. The Hall–Kier alpha value is -3.13. The zero-order valence-corrected chi connectivity index (χ0v) is 17.3. The average Bonchev–Trinajstić information content (AvgIpc) is 3.00. The summed E-state index contributed by atoms with van der Waals surface area (Å²) in [5.74, 6) is 0.0617. The molecule has 0 unspecified atom stereocenters. The number of hydrazine groups is 1. The summed E-state index contributed by atoms with van der Waals surface area (Å²) in [6.07, 6.45) is -1.24. The van der Waals surface area contributed by atoms with Crippen LogP contribution in [0.5, 0.6) is 0 Å². The van der Waals surface area contributed by atoms with E-state index in [0.717, 1.165) is 22.2 Å². The van der Waals surface area contributed by atoms with Gasteiger partial charge in [-0.1, -0.05) is 34.1 Å². The minimum absolute atomic E-state index is 0.203. The van der Waals surface area contributed by atoms with E-state index < -0.39 is 17.6 Å². The van der Waals surface area contributed by atoms with Crippen LogP contribution < -0.4 is 5.01 Å². The molecule has 0 fully saturated rings. The third-order valence-corrected chi connectivity index (χ3v) is 5.26. The van der Waals surface area contributed by atoms with Gasteiger partial charge in [0.15, 0.2) is 0 Å². The van der Waals surface area contributed by atoms with E-state index in [1.807, 2.05) is 24.3 Å². The maximum atomic E-state index is 13.3. The number of pyridine rings is 1. The summed E-state index contributed by atoms with van der Waals surface area (Å²) in [5.41, 5.74) is 0.704. The fraction of sp³-hybridized carbons (Fsp3) is 0.0909. The van der Waals surface area contributed by atoms with Crippen LogP contribution in [-0.4, -0.2) is 22.9 Å². The number of carbonyl (C=O) groups is 1. The van der Waals surface area contributed by atoms with Crippen LogP contribution in [0.4, 0.5) is 19.0 Å². The number of benzene rings is 2. The monoisotopic (exact) mass is 473 g/mol. The summed E-state index contributed by atoms with van der Waals surface area (Å²) < 4.78 is 40.9. The van der Waals surface area contributed by atoms with Crippen molar-refractivity contribution in [3.63, 3.8) is 0 Å². The lowest BCUT2D eigenvalue weighted by Gasteiger charge is -2.30. The Bertz CT molecular complexity index is 1130. The summed E-state index contributed by atoms with van der Waals surface area (Å²) in [4.78, 5) is 17.4. The van der Waals surface area contributed by atoms with E-state index in [-0.39, 0.29) is 11.1 Å². The van der Waals surface area contributed by atoms with Crippen molar-refractivity contribution in [3.05, 3.63) is 93.6 Å². The van der Waals surface area contributed by atoms with E-state index in [1.165, 1.54) is 16.1 Å². The lowest BCUT2D eigenvalue weighted by atomic mass is 10.0. The Kier molecular flexibility index (Phi) is 5.11. The number of rotatable bonds is 3. The summed E-state index contributed by atoms with van der Waals surface area (Å²) in [5, 5.41) is 2.87. The van der Waals surface area contributed by atoms with Crippen LogP contribution in [0.2, 0.25) is 0 Å². The number of hydrogen-bond donors (Lipinski definition) is 0. The molecule has 0 atom stereocenters. The highest BCUT2D eigenvalue weighted by Gasteiger charge is 2.39. The number of aromatic nitrogens is 1. The first kappa shape index (κ1) is 20.2. The Balaban J connectivity index is 1.88. The molecule has 30 heavy (non-hydrogen) atoms. The quantitative estimate of drug-likeness (QED) is 0.477. The standard InChI is InChI=1S/C22H15BrF3N3O/c1-28(20-4-2-3-11-27-20)29-19(12-14-5-8-16(23)9-6-14)18-13-15(22(24,25)26)7-10-17(18)21(29)30/h2-13H,1H3/b19-12-. The molecule has 1 aromatic heterocycles. The molecule has 0 bridgehead atoms. The minimum Gasteiger partial charge on any atom is -0.267 e. The van der Waals surface area contributed by atoms with Gasteiger partial charge in [-0.05, 0) is 54.1 Å². The summed E-state index contributed by atoms with van der Waals surface area (Å²) in [6.45, 7) is 0. The fourth-order valence-corrected chi connectivity index (χ4v) is 3.52. The van der Waals surface area contributed by atoms with E-state index in [2.05, 4.69) is 20.9 Å². The predicted octanol–water partition coefficient (Wildman–Crippen LogP) is 5.87. The predicted molar refractivity (Wildman–Crippen MR) is 112 cm³/mol. The van der Waals surface area contributed by atoms with Crippen molar-refractivity contribution in [2.75, 3.05) is 12.1 Å². The van der Waals surface area contributed by atoms with Crippen LogP contribution in [-0.2, 0) is 6.18 Å². The smallest absolute Gasteiger partial charge is 0.267 e. The molecule has 0 N–H and O–H groups in total. The van der Waals surface area contributed by atoms with Crippen molar-refractivity contribution in [1.82, 2.24) is 9.99 Å². The van der Waals surface area contributed by atoms with Crippen LogP contribution in [0.25, 0.3) is 11.8 Å². The van der Waals surface area contributed by atoms with E-state index in [0.29, 0.717) is 11.5 Å². The second kappa shape index (κ2) is 7.60. The molecule has 8 heteroatoms. The number of alkyl halides is 3. The normalized spacial score (nSPS) is 14.9. The maximum Gasteiger partial charge on any atom is 0.416 e. The molecule has 0 spiro atoms. The molecule has 4 rings (SSSR count). The Morgan fingerprint density at radius 2 is 1.77 bits per heavy atom. The van der Waals surface area contributed by atoms with E-state index in [4.69, 9.17) is 0 Å². The summed E-state index contributed by atoms with van der Waals surface area (Å²) in [7, 11) is 1.65. The number of amides is 1. The number of nitrogens with zero attached hydrogens (tertiary/aromatic N) is 3. The number of carbonyl (C=O) groups excluding carboxylic acids is 1. The topological polar surface area (TPSA) is 36.4 Å². The highest BCUT2D eigenvalue weighted by atomic mass is 79.9. The van der Waals surface area contributed by atoms with Gasteiger partial charge < -0.3 is 0 Å². The Morgan fingerprint density at radius 1 is 1.03 bits per heavy atom. The average molecular weight is 474 g/mol. The van der Waals surface area contributed by atoms with Gasteiger partial charge in [-0.2, -0.15) is 13.2 Å². The molecule has 3 aromatic rings. The lowest BCUT2D eigenvalue weighted by molar-refractivity contribution is -0.137. The van der Waals surface area contributed by atoms with Gasteiger partial charge in [-0.15, -0.1) is 0 Å². The first-order valence-electron chi connectivity index (χ1n) is 8.94. The lowest BCUT2D eigenvalue weighted by Crippen LogP contribution is -2.39. The third-order valence-electron chi connectivity index (χ3n) is 4.73. The van der Waals surface area contributed by atoms with E-state index in [1.54, 1.807) is 37.5 Å². The number of fused-ring (bicyclic) bond motifs is 1. The molecule has 2 heterocycles. The van der Waals surface area contributed by atoms with E-state index >= 15 is 0 Å². The van der Waals surface area contributed by atoms with Crippen LogP contribution in [0.3, 0.4) is 0 Å². The highest BCUT2D eigenvalue weighted by molar-refractivity contribution is 9.10. The third kappa shape index (κ3) is 3.70. The Morgan fingerprint density at radius 3 is 2.40 bits per heavy atom. The van der Waals surface area contributed by atoms with Crippen LogP contribution >= 0.6 is 15.9 Å². The zero-order chi connectivity index (χ0) is 21.5. The summed E-state index contributed by atoms with van der Waals surface area (Å²) in [6, 6.07) is 15.7. The van der Waals surface area contributed by atoms with Crippen molar-refractivity contribution in [3.8, 4) is 0 Å². The first-order valence-corrected chi connectivity index (χ1v) is 9.73. The molecule has 2 aromatic carbocycles. The van der Waals surface area contributed by atoms with Gasteiger partial charge >= 0.3 is 6.18 Å². The van der Waals surface area contributed by atoms with Gasteiger partial charge in [-0.3, -0.25) is 9.80 Å². The molecule has 0 radical (unpaired) electrons. The minimum atomic E-state index is -4.51. The van der Waals surface area contributed by atoms with Crippen molar-refractivity contribution >= 4 is 39.4 Å². The van der Waals surface area contributed by atoms with E-state index in [9.17, 15) is 18.0 Å². The van der Waals surface area contributed by atoms with Gasteiger partial charge in [0.1, 0.15) is 5.82 Å². The number of halogens is 4. The molecule has 0 saturated carbocycles. The Labute approximate surface area is 179 Å². The highest BCUT2D eigenvalue weighted by Crippen LogP contribution is 2.40. The molecule has 0 aliphatic carbocycles. The van der Waals surface area contributed by atoms with Crippen LogP contribution in [0, 0.1) is 0 Å². The van der Waals surface area contributed by atoms with Crippen molar-refractivity contribution in [2.45, 2.75) is 6.18 Å². The zero-order valence-electron chi connectivity index (χ0n) is 15.7. The molecule has 0 saturated heterocycles.